The number of likely N-dealkylation sites (tertiary alicyclic amines) is 1. The Bertz CT molecular complexity index is 717. The van der Waals surface area contributed by atoms with E-state index in [0.717, 1.165) is 76.2 Å². The molecule has 4 rings (SSSR count). The summed E-state index contributed by atoms with van der Waals surface area (Å²) in [5.41, 5.74) is -0.170. The fraction of sp³-hybridized carbons (Fsp3) is 0.708. The van der Waals surface area contributed by atoms with Crippen molar-refractivity contribution in [2.45, 2.75) is 70.1 Å². The maximum absolute atomic E-state index is 12.5. The van der Waals surface area contributed by atoms with Gasteiger partial charge >= 0.3 is 0 Å². The van der Waals surface area contributed by atoms with Gasteiger partial charge in [-0.25, -0.2) is 0 Å². The summed E-state index contributed by atoms with van der Waals surface area (Å²) in [6.45, 7) is 9.12. The van der Waals surface area contributed by atoms with Crippen molar-refractivity contribution in [2.24, 2.45) is 0 Å². The van der Waals surface area contributed by atoms with Gasteiger partial charge in [-0.15, -0.1) is 0 Å². The highest BCUT2D eigenvalue weighted by Gasteiger charge is 2.48. The molecule has 1 spiro atoms. The molecule has 1 aromatic rings. The van der Waals surface area contributed by atoms with Crippen LogP contribution in [0.15, 0.2) is 24.3 Å². The number of carbonyl (C=O) groups excluding carboxylic acids is 1. The minimum Gasteiger partial charge on any atom is -0.486 e. The number of piperidine rings is 1. The van der Waals surface area contributed by atoms with Crippen molar-refractivity contribution in [1.29, 1.82) is 0 Å². The van der Waals surface area contributed by atoms with E-state index in [1.54, 1.807) is 0 Å². The number of morpholine rings is 1. The molecule has 3 aliphatic rings. The molecule has 0 bridgehead atoms. The standard InChI is InChI=1S/C24H36N2O4/c1-3-5-13-26-22(4-2)24(29-18-23(26)27)11-15-25(16-12-24)14-10-19-17-28-20-8-6-7-9-21(20)30-19/h6-9,19,22H,3-5,10-18H2,1-2H3. The lowest BCUT2D eigenvalue weighted by molar-refractivity contribution is -0.189. The summed E-state index contributed by atoms with van der Waals surface area (Å²) < 4.78 is 18.2. The topological polar surface area (TPSA) is 51.2 Å². The lowest BCUT2D eigenvalue weighted by Gasteiger charge is -2.52. The molecule has 2 fully saturated rings. The maximum atomic E-state index is 12.5. The van der Waals surface area contributed by atoms with Gasteiger partial charge in [-0.1, -0.05) is 32.4 Å². The third kappa shape index (κ3) is 4.45. The predicted molar refractivity (Wildman–Crippen MR) is 116 cm³/mol. The number of nitrogens with zero attached hydrogens (tertiary/aromatic N) is 2. The minimum atomic E-state index is -0.170. The van der Waals surface area contributed by atoms with Gasteiger partial charge in [-0.3, -0.25) is 4.79 Å². The molecule has 2 atom stereocenters. The number of para-hydroxylation sites is 2. The van der Waals surface area contributed by atoms with E-state index in [9.17, 15) is 4.79 Å². The zero-order valence-corrected chi connectivity index (χ0v) is 18.5. The number of amides is 1. The summed E-state index contributed by atoms with van der Waals surface area (Å²) in [6.07, 6.45) is 6.18. The molecule has 0 aromatic heterocycles. The highest BCUT2D eigenvalue weighted by Crippen LogP contribution is 2.38. The van der Waals surface area contributed by atoms with Gasteiger partial charge in [-0.2, -0.15) is 0 Å². The first-order valence-corrected chi connectivity index (χ1v) is 11.7. The summed E-state index contributed by atoms with van der Waals surface area (Å²) in [5, 5.41) is 0. The zero-order valence-electron chi connectivity index (χ0n) is 18.5. The molecule has 0 saturated carbocycles. The van der Waals surface area contributed by atoms with E-state index in [2.05, 4.69) is 23.6 Å². The van der Waals surface area contributed by atoms with Gasteiger partial charge in [0.05, 0.1) is 11.6 Å². The van der Waals surface area contributed by atoms with Crippen molar-refractivity contribution in [3.8, 4) is 11.5 Å². The Kier molecular flexibility index (Phi) is 6.84. The molecule has 3 aliphatic heterocycles. The second-order valence-electron chi connectivity index (χ2n) is 8.85. The van der Waals surface area contributed by atoms with Crippen LogP contribution < -0.4 is 9.47 Å². The Hall–Kier alpha value is -1.79. The van der Waals surface area contributed by atoms with Gasteiger partial charge < -0.3 is 24.0 Å². The summed E-state index contributed by atoms with van der Waals surface area (Å²) in [5.74, 6) is 1.86. The normalized spacial score (nSPS) is 26.2. The fourth-order valence-electron chi connectivity index (χ4n) is 5.21. The van der Waals surface area contributed by atoms with Gasteiger partial charge in [-0.05, 0) is 37.8 Å². The molecule has 1 amide bonds. The Morgan fingerprint density at radius 1 is 1.10 bits per heavy atom. The molecule has 166 valence electrons. The van der Waals surface area contributed by atoms with Crippen LogP contribution in [-0.2, 0) is 9.53 Å². The lowest BCUT2D eigenvalue weighted by atomic mass is 9.80. The van der Waals surface area contributed by atoms with Crippen LogP contribution in [0.5, 0.6) is 11.5 Å². The third-order valence-corrected chi connectivity index (χ3v) is 6.96. The van der Waals surface area contributed by atoms with E-state index >= 15 is 0 Å². The molecule has 2 saturated heterocycles. The van der Waals surface area contributed by atoms with E-state index in [0.29, 0.717) is 6.61 Å². The van der Waals surface area contributed by atoms with E-state index in [1.807, 2.05) is 24.3 Å². The number of fused-ring (bicyclic) bond motifs is 1. The van der Waals surface area contributed by atoms with Crippen LogP contribution in [0.4, 0.5) is 0 Å². The van der Waals surface area contributed by atoms with E-state index in [-0.39, 0.29) is 30.3 Å². The van der Waals surface area contributed by atoms with Gasteiger partial charge in [0.15, 0.2) is 11.5 Å². The maximum Gasteiger partial charge on any atom is 0.248 e. The number of rotatable bonds is 7. The molecule has 6 heteroatoms. The van der Waals surface area contributed by atoms with Gasteiger partial charge in [0.2, 0.25) is 5.91 Å². The molecular weight excluding hydrogens is 380 g/mol. The lowest BCUT2D eigenvalue weighted by Crippen LogP contribution is -2.65. The first-order valence-electron chi connectivity index (χ1n) is 11.7. The first kappa shape index (κ1) is 21.4. The second-order valence-corrected chi connectivity index (χ2v) is 8.85. The molecule has 1 aromatic carbocycles. The number of hydrogen-bond acceptors (Lipinski definition) is 5. The van der Waals surface area contributed by atoms with Crippen molar-refractivity contribution in [3.63, 3.8) is 0 Å². The van der Waals surface area contributed by atoms with Gasteiger partial charge in [0, 0.05) is 32.6 Å². The Labute approximate surface area is 180 Å². The minimum absolute atomic E-state index is 0.104. The number of benzene rings is 1. The highest BCUT2D eigenvalue weighted by molar-refractivity contribution is 5.78. The molecule has 30 heavy (non-hydrogen) atoms. The van der Waals surface area contributed by atoms with Crippen LogP contribution >= 0.6 is 0 Å². The van der Waals surface area contributed by atoms with Crippen molar-refractivity contribution >= 4 is 5.91 Å². The summed E-state index contributed by atoms with van der Waals surface area (Å²) in [6, 6.07) is 8.10. The number of ether oxygens (including phenoxy) is 3. The Morgan fingerprint density at radius 2 is 1.87 bits per heavy atom. The molecular formula is C24H36N2O4. The Balaban J connectivity index is 1.29. The fourth-order valence-corrected chi connectivity index (χ4v) is 5.21. The monoisotopic (exact) mass is 416 g/mol. The second kappa shape index (κ2) is 9.56. The Morgan fingerprint density at radius 3 is 2.60 bits per heavy atom. The average Bonchev–Trinajstić information content (AvgIpc) is 2.79. The average molecular weight is 417 g/mol. The van der Waals surface area contributed by atoms with Crippen LogP contribution in [0.2, 0.25) is 0 Å². The molecule has 0 N–H and O–H groups in total. The number of unbranched alkanes of at least 4 members (excludes halogenated alkanes) is 1. The predicted octanol–water partition coefficient (Wildman–Crippen LogP) is 3.49. The van der Waals surface area contributed by atoms with Crippen LogP contribution in [0, 0.1) is 0 Å². The van der Waals surface area contributed by atoms with Crippen LogP contribution in [-0.4, -0.2) is 72.8 Å². The van der Waals surface area contributed by atoms with Gasteiger partial charge in [0.25, 0.3) is 0 Å². The zero-order chi connectivity index (χ0) is 21.0. The molecule has 2 unspecified atom stereocenters. The quantitative estimate of drug-likeness (QED) is 0.681. The van der Waals surface area contributed by atoms with Crippen molar-refractivity contribution in [3.05, 3.63) is 24.3 Å². The molecule has 0 aliphatic carbocycles. The SMILES string of the molecule is CCCCN1C(=O)COC2(CCN(CCC3COc4ccccc4O3)CC2)C1CC. The highest BCUT2D eigenvalue weighted by atomic mass is 16.6. The third-order valence-electron chi connectivity index (χ3n) is 6.96. The molecule has 6 nitrogen and oxygen atoms in total. The van der Waals surface area contributed by atoms with Crippen LogP contribution in [0.25, 0.3) is 0 Å². The van der Waals surface area contributed by atoms with Gasteiger partial charge in [0.1, 0.15) is 19.3 Å². The molecule has 0 radical (unpaired) electrons. The number of hydrogen-bond donors (Lipinski definition) is 0. The summed E-state index contributed by atoms with van der Waals surface area (Å²) in [4.78, 5) is 17.1. The van der Waals surface area contributed by atoms with Crippen molar-refractivity contribution < 1.29 is 19.0 Å². The van der Waals surface area contributed by atoms with Crippen LogP contribution in [0.1, 0.15) is 52.4 Å². The largest absolute Gasteiger partial charge is 0.486 e. The van der Waals surface area contributed by atoms with E-state index in [1.165, 1.54) is 0 Å². The number of carbonyl (C=O) groups is 1. The molecule has 3 heterocycles. The van der Waals surface area contributed by atoms with Crippen molar-refractivity contribution in [1.82, 2.24) is 9.80 Å². The van der Waals surface area contributed by atoms with Crippen molar-refractivity contribution in [2.75, 3.05) is 39.4 Å². The van der Waals surface area contributed by atoms with E-state index < -0.39 is 0 Å². The first-order chi connectivity index (χ1) is 14.6. The smallest absolute Gasteiger partial charge is 0.248 e. The summed E-state index contributed by atoms with van der Waals surface area (Å²) >= 11 is 0. The summed E-state index contributed by atoms with van der Waals surface area (Å²) in [7, 11) is 0. The van der Waals surface area contributed by atoms with Crippen LogP contribution in [0.3, 0.4) is 0 Å². The van der Waals surface area contributed by atoms with E-state index in [4.69, 9.17) is 14.2 Å².